The van der Waals surface area contributed by atoms with Crippen molar-refractivity contribution in [3.63, 3.8) is 0 Å². The molecule has 20 heavy (non-hydrogen) atoms. The summed E-state index contributed by atoms with van der Waals surface area (Å²) in [6.07, 6.45) is 1.96. The minimum Gasteiger partial charge on any atom is -0.336 e. The molecule has 0 radical (unpaired) electrons. The maximum Gasteiger partial charge on any atom is 0.274 e. The summed E-state index contributed by atoms with van der Waals surface area (Å²) in [5.41, 5.74) is 7.26. The quantitative estimate of drug-likeness (QED) is 0.892. The van der Waals surface area contributed by atoms with E-state index in [1.165, 1.54) is 0 Å². The molecule has 1 unspecified atom stereocenters. The Kier molecular flexibility index (Phi) is 4.80. The number of hydrogen-bond acceptors (Lipinski definition) is 4. The number of aromatic nitrogens is 2. The van der Waals surface area contributed by atoms with Crippen LogP contribution in [0.2, 0.25) is 0 Å². The van der Waals surface area contributed by atoms with Crippen LogP contribution in [-0.2, 0) is 0 Å². The second kappa shape index (κ2) is 6.39. The molecule has 3 heterocycles. The van der Waals surface area contributed by atoms with E-state index in [0.29, 0.717) is 12.2 Å². The monoisotopic (exact) mass is 312 g/mol. The molecule has 2 aromatic rings. The van der Waals surface area contributed by atoms with E-state index in [1.807, 2.05) is 23.6 Å². The number of thiophene rings is 1. The number of carbonyl (C=O) groups excluding carboxylic acids is 1. The van der Waals surface area contributed by atoms with E-state index < -0.39 is 0 Å². The standard InChI is InChI=1S/C13H16N4OS.ClH/c14-9-3-1-5-17(8-9)13(18)11-7-10(15-16-11)12-4-2-6-19-12;/h2,4,6-7,9H,1,3,5,8,14H2,(H,15,16);1H. The molecule has 1 fully saturated rings. The molecule has 0 spiro atoms. The zero-order chi connectivity index (χ0) is 13.2. The van der Waals surface area contributed by atoms with Gasteiger partial charge in [0.15, 0.2) is 5.69 Å². The van der Waals surface area contributed by atoms with Crippen LogP contribution < -0.4 is 5.73 Å². The normalized spacial score (nSPS) is 18.6. The summed E-state index contributed by atoms with van der Waals surface area (Å²) in [4.78, 5) is 15.2. The average Bonchev–Trinajstić information content (AvgIpc) is 3.08. The Bertz CT molecular complexity index is 569. The summed E-state index contributed by atoms with van der Waals surface area (Å²) in [7, 11) is 0. The smallest absolute Gasteiger partial charge is 0.274 e. The number of carbonyl (C=O) groups is 1. The van der Waals surface area contributed by atoms with E-state index in [1.54, 1.807) is 16.2 Å². The number of hydrogen-bond donors (Lipinski definition) is 2. The van der Waals surface area contributed by atoms with Gasteiger partial charge in [-0.1, -0.05) is 6.07 Å². The van der Waals surface area contributed by atoms with E-state index >= 15 is 0 Å². The molecule has 0 bridgehead atoms. The zero-order valence-electron chi connectivity index (χ0n) is 10.9. The average molecular weight is 313 g/mol. The third-order valence-electron chi connectivity index (χ3n) is 3.33. The van der Waals surface area contributed by atoms with E-state index in [9.17, 15) is 4.79 Å². The highest BCUT2D eigenvalue weighted by Gasteiger charge is 2.24. The molecule has 1 saturated heterocycles. The van der Waals surface area contributed by atoms with Gasteiger partial charge >= 0.3 is 0 Å². The van der Waals surface area contributed by atoms with Crippen LogP contribution in [0, 0.1) is 0 Å². The molecule has 0 saturated carbocycles. The molecule has 5 nitrogen and oxygen atoms in total. The number of nitrogens with two attached hydrogens (primary N) is 1. The Hall–Kier alpha value is -1.37. The van der Waals surface area contributed by atoms with E-state index in [-0.39, 0.29) is 24.4 Å². The Morgan fingerprint density at radius 3 is 3.10 bits per heavy atom. The first-order chi connectivity index (χ1) is 9.24. The van der Waals surface area contributed by atoms with Gasteiger partial charge in [-0.3, -0.25) is 9.89 Å². The molecular formula is C13H17ClN4OS. The van der Waals surface area contributed by atoms with Gasteiger partial charge in [0.05, 0.1) is 10.6 Å². The second-order valence-electron chi connectivity index (χ2n) is 4.80. The molecule has 3 N–H and O–H groups in total. The fourth-order valence-corrected chi connectivity index (χ4v) is 3.04. The van der Waals surface area contributed by atoms with Crippen LogP contribution in [0.1, 0.15) is 23.3 Å². The lowest BCUT2D eigenvalue weighted by molar-refractivity contribution is 0.0703. The lowest BCUT2D eigenvalue weighted by atomic mass is 10.1. The number of halogens is 1. The highest BCUT2D eigenvalue weighted by Crippen LogP contribution is 2.23. The fraction of sp³-hybridized carbons (Fsp3) is 0.385. The summed E-state index contributed by atoms with van der Waals surface area (Å²) in [5, 5.41) is 9.04. The number of nitrogens with one attached hydrogen (secondary N) is 1. The van der Waals surface area contributed by atoms with Gasteiger partial charge in [-0.15, -0.1) is 23.7 Å². The van der Waals surface area contributed by atoms with Crippen molar-refractivity contribution in [2.45, 2.75) is 18.9 Å². The minimum absolute atomic E-state index is 0. The first-order valence-electron chi connectivity index (χ1n) is 6.38. The number of H-pyrrole nitrogens is 1. The van der Waals surface area contributed by atoms with Crippen molar-refractivity contribution in [1.82, 2.24) is 15.1 Å². The van der Waals surface area contributed by atoms with Gasteiger partial charge in [0.2, 0.25) is 0 Å². The van der Waals surface area contributed by atoms with Crippen molar-refractivity contribution in [1.29, 1.82) is 0 Å². The SMILES string of the molecule is Cl.NC1CCCN(C(=O)c2cc(-c3cccs3)[nH]n2)C1. The third kappa shape index (κ3) is 3.03. The van der Waals surface area contributed by atoms with Gasteiger partial charge in [-0.05, 0) is 30.4 Å². The van der Waals surface area contributed by atoms with Crippen LogP contribution in [0.15, 0.2) is 23.6 Å². The molecule has 1 atom stereocenters. The first kappa shape index (κ1) is 15.0. The summed E-state index contributed by atoms with van der Waals surface area (Å²) in [6.45, 7) is 1.40. The van der Waals surface area contributed by atoms with Crippen molar-refractivity contribution in [3.05, 3.63) is 29.3 Å². The molecule has 2 aromatic heterocycles. The predicted molar refractivity (Wildman–Crippen MR) is 82.3 cm³/mol. The summed E-state index contributed by atoms with van der Waals surface area (Å²) in [5.74, 6) is -0.0331. The lowest BCUT2D eigenvalue weighted by Crippen LogP contribution is -2.45. The number of nitrogens with zero attached hydrogens (tertiary/aromatic N) is 2. The van der Waals surface area contributed by atoms with Crippen molar-refractivity contribution in [2.24, 2.45) is 5.73 Å². The van der Waals surface area contributed by atoms with Crippen LogP contribution in [0.4, 0.5) is 0 Å². The molecule has 1 aliphatic heterocycles. The van der Waals surface area contributed by atoms with E-state index in [2.05, 4.69) is 10.2 Å². The highest BCUT2D eigenvalue weighted by molar-refractivity contribution is 7.13. The topological polar surface area (TPSA) is 75.0 Å². The number of piperidine rings is 1. The van der Waals surface area contributed by atoms with Gasteiger partial charge in [-0.25, -0.2) is 0 Å². The maximum atomic E-state index is 12.3. The van der Waals surface area contributed by atoms with Crippen LogP contribution in [0.3, 0.4) is 0 Å². The van der Waals surface area contributed by atoms with Gasteiger partial charge in [0, 0.05) is 19.1 Å². The molecule has 108 valence electrons. The van der Waals surface area contributed by atoms with E-state index in [4.69, 9.17) is 5.73 Å². The lowest BCUT2D eigenvalue weighted by Gasteiger charge is -2.30. The third-order valence-corrected chi connectivity index (χ3v) is 4.23. The molecule has 1 amide bonds. The molecule has 3 rings (SSSR count). The van der Waals surface area contributed by atoms with Crippen LogP contribution in [0.25, 0.3) is 10.6 Å². The Morgan fingerprint density at radius 2 is 2.40 bits per heavy atom. The molecule has 0 aliphatic carbocycles. The number of likely N-dealkylation sites (tertiary alicyclic amines) is 1. The van der Waals surface area contributed by atoms with Crippen LogP contribution in [0.5, 0.6) is 0 Å². The van der Waals surface area contributed by atoms with Gasteiger partial charge in [-0.2, -0.15) is 5.10 Å². The Balaban J connectivity index is 0.00000147. The number of amides is 1. The van der Waals surface area contributed by atoms with Crippen molar-refractivity contribution in [2.75, 3.05) is 13.1 Å². The van der Waals surface area contributed by atoms with Gasteiger partial charge in [0.25, 0.3) is 5.91 Å². The molecule has 0 aromatic carbocycles. The molecular weight excluding hydrogens is 296 g/mol. The van der Waals surface area contributed by atoms with Crippen molar-refractivity contribution < 1.29 is 4.79 Å². The first-order valence-corrected chi connectivity index (χ1v) is 7.26. The zero-order valence-corrected chi connectivity index (χ0v) is 12.5. The Labute approximate surface area is 127 Å². The predicted octanol–water partition coefficient (Wildman–Crippen LogP) is 2.12. The fourth-order valence-electron chi connectivity index (χ4n) is 2.35. The van der Waals surface area contributed by atoms with Crippen LogP contribution in [-0.4, -0.2) is 40.1 Å². The van der Waals surface area contributed by atoms with E-state index in [0.717, 1.165) is 30.0 Å². The molecule has 7 heteroatoms. The van der Waals surface area contributed by atoms with Gasteiger partial charge in [0.1, 0.15) is 0 Å². The second-order valence-corrected chi connectivity index (χ2v) is 5.75. The number of aromatic amines is 1. The minimum atomic E-state index is -0.0331. The van der Waals surface area contributed by atoms with Crippen LogP contribution >= 0.6 is 23.7 Å². The van der Waals surface area contributed by atoms with Crippen molar-refractivity contribution in [3.8, 4) is 10.6 Å². The largest absolute Gasteiger partial charge is 0.336 e. The van der Waals surface area contributed by atoms with Gasteiger partial charge < -0.3 is 10.6 Å². The summed E-state index contributed by atoms with van der Waals surface area (Å²) >= 11 is 1.62. The Morgan fingerprint density at radius 1 is 1.55 bits per heavy atom. The summed E-state index contributed by atoms with van der Waals surface area (Å²) in [6, 6.07) is 5.89. The number of rotatable bonds is 2. The highest BCUT2D eigenvalue weighted by atomic mass is 35.5. The summed E-state index contributed by atoms with van der Waals surface area (Å²) < 4.78 is 0. The maximum absolute atomic E-state index is 12.3. The molecule has 1 aliphatic rings. The van der Waals surface area contributed by atoms with Crippen molar-refractivity contribution >= 4 is 29.7 Å².